The number of ether oxygens (including phenoxy) is 1. The molecule has 1 aliphatic heterocycles. The van der Waals surface area contributed by atoms with E-state index in [0.29, 0.717) is 12.5 Å². The normalized spacial score (nSPS) is 13.9. The zero-order valence-corrected chi connectivity index (χ0v) is 22.2. The van der Waals surface area contributed by atoms with Crippen molar-refractivity contribution in [2.75, 3.05) is 6.61 Å². The van der Waals surface area contributed by atoms with E-state index in [0.717, 1.165) is 17.5 Å². The average molecular weight is 494 g/mol. The first-order valence-electron chi connectivity index (χ1n) is 13.7. The van der Waals surface area contributed by atoms with Crippen LogP contribution in [0.15, 0.2) is 97.1 Å². The van der Waals surface area contributed by atoms with Gasteiger partial charge in [-0.15, -0.1) is 0 Å². The summed E-state index contributed by atoms with van der Waals surface area (Å²) in [5, 5.41) is 8.76. The molecule has 2 heterocycles. The monoisotopic (exact) mass is 493 g/mol. The Bertz CT molecular complexity index is 1990. The number of benzene rings is 5. The van der Waals surface area contributed by atoms with E-state index in [-0.39, 0.29) is 0 Å². The fourth-order valence-corrected chi connectivity index (χ4v) is 6.36. The molecule has 0 fully saturated rings. The lowest BCUT2D eigenvalue weighted by Gasteiger charge is -2.22. The Labute approximate surface area is 223 Å². The second-order valence-electron chi connectivity index (χ2n) is 10.4. The lowest BCUT2D eigenvalue weighted by molar-refractivity contribution is 0.303. The summed E-state index contributed by atoms with van der Waals surface area (Å²) in [7, 11) is 0. The zero-order valence-electron chi connectivity index (χ0n) is 22.2. The molecule has 0 aliphatic carbocycles. The Morgan fingerprint density at radius 3 is 2.18 bits per heavy atom. The summed E-state index contributed by atoms with van der Waals surface area (Å²) in [6.07, 6.45) is 3.27. The van der Waals surface area contributed by atoms with Gasteiger partial charge in [-0.2, -0.15) is 0 Å². The molecule has 7 rings (SSSR count). The highest BCUT2D eigenvalue weighted by Gasteiger charge is 2.26. The molecule has 1 unspecified atom stereocenters. The van der Waals surface area contributed by atoms with Crippen LogP contribution in [0.4, 0.5) is 0 Å². The Kier molecular flexibility index (Phi) is 5.37. The second-order valence-corrected chi connectivity index (χ2v) is 10.4. The van der Waals surface area contributed by atoms with E-state index in [1.165, 1.54) is 60.1 Å². The van der Waals surface area contributed by atoms with Gasteiger partial charge in [0.2, 0.25) is 5.88 Å². The van der Waals surface area contributed by atoms with Gasteiger partial charge in [0.15, 0.2) is 0 Å². The summed E-state index contributed by atoms with van der Waals surface area (Å²) in [6, 6.07) is 35.2. The molecule has 38 heavy (non-hydrogen) atoms. The molecule has 2 nitrogen and oxygen atoms in total. The summed E-state index contributed by atoms with van der Waals surface area (Å²) in [5.74, 6) is 1.36. The third-order valence-corrected chi connectivity index (χ3v) is 8.36. The van der Waals surface area contributed by atoms with Gasteiger partial charge in [0, 0.05) is 21.6 Å². The molecule has 5 aromatic carbocycles. The van der Waals surface area contributed by atoms with Gasteiger partial charge >= 0.3 is 0 Å². The largest absolute Gasteiger partial charge is 0.474 e. The van der Waals surface area contributed by atoms with E-state index in [4.69, 9.17) is 4.74 Å². The third kappa shape index (κ3) is 3.26. The molecule has 0 radical (unpaired) electrons. The lowest BCUT2D eigenvalue weighted by Crippen LogP contribution is -2.33. The van der Waals surface area contributed by atoms with E-state index in [1.54, 1.807) is 0 Å². The number of nitrogens with zero attached hydrogens (tertiary/aromatic N) is 1. The topological polar surface area (TPSA) is 14.2 Å². The van der Waals surface area contributed by atoms with Gasteiger partial charge in [0.1, 0.15) is 6.61 Å². The Morgan fingerprint density at radius 1 is 0.763 bits per heavy atom. The maximum atomic E-state index is 6.59. The number of hydrogen-bond acceptors (Lipinski definition) is 1. The highest BCUT2D eigenvalue weighted by molar-refractivity contribution is 6.27. The molecule has 2 heteroatoms. The molecule has 0 bridgehead atoms. The molecule has 1 aliphatic rings. The van der Waals surface area contributed by atoms with Crippen molar-refractivity contribution >= 4 is 44.4 Å². The molecule has 1 aromatic heterocycles. The van der Waals surface area contributed by atoms with Crippen molar-refractivity contribution < 1.29 is 4.74 Å². The van der Waals surface area contributed by atoms with Crippen LogP contribution in [0.3, 0.4) is 0 Å². The fraction of sp³-hybridized carbons (Fsp3) is 0.167. The third-order valence-electron chi connectivity index (χ3n) is 8.36. The second kappa shape index (κ2) is 8.92. The van der Waals surface area contributed by atoms with Crippen LogP contribution in [0.1, 0.15) is 37.3 Å². The zero-order chi connectivity index (χ0) is 25.8. The first-order chi connectivity index (χ1) is 18.7. The van der Waals surface area contributed by atoms with Gasteiger partial charge in [-0.3, -0.25) is 4.57 Å². The van der Waals surface area contributed by atoms with Gasteiger partial charge in [-0.05, 0) is 63.9 Å². The maximum absolute atomic E-state index is 6.59. The van der Waals surface area contributed by atoms with Crippen LogP contribution in [-0.2, 0) is 4.74 Å². The molecule has 186 valence electrons. The standard InChI is InChI=1S/C36H31NO/c1-4-23(2)26-14-7-11-19-31(26)34-24(3)33-30-18-10-8-16-28(30)29-17-9-12-20-32(29)35(33)37(34)36-27-15-6-5-13-25(27)21-22-38-36/h5-21,23H,4,22H2,1-3H3. The van der Waals surface area contributed by atoms with Gasteiger partial charge in [-0.1, -0.05) is 105 Å². The van der Waals surface area contributed by atoms with E-state index in [1.807, 2.05) is 0 Å². The van der Waals surface area contributed by atoms with Crippen molar-refractivity contribution in [1.82, 2.24) is 4.57 Å². The highest BCUT2D eigenvalue weighted by atomic mass is 16.5. The number of hydrogen-bond donors (Lipinski definition) is 0. The van der Waals surface area contributed by atoms with Crippen LogP contribution >= 0.6 is 0 Å². The van der Waals surface area contributed by atoms with Crippen molar-refractivity contribution in [1.29, 1.82) is 0 Å². The summed E-state index contributed by atoms with van der Waals surface area (Å²) in [5.41, 5.74) is 6.40. The summed E-state index contributed by atoms with van der Waals surface area (Å²) in [4.78, 5) is 0. The van der Waals surface area contributed by atoms with Gasteiger partial charge in [-0.25, -0.2) is 0 Å². The van der Waals surface area contributed by atoms with Crippen molar-refractivity contribution in [2.24, 2.45) is 0 Å². The summed E-state index contributed by atoms with van der Waals surface area (Å²) < 4.78 is 9.02. The predicted molar refractivity (Wildman–Crippen MR) is 161 cm³/mol. The van der Waals surface area contributed by atoms with E-state index in [9.17, 15) is 0 Å². The molecule has 0 N–H and O–H groups in total. The quantitative estimate of drug-likeness (QED) is 0.228. The van der Waals surface area contributed by atoms with Crippen molar-refractivity contribution in [3.05, 3.63) is 119 Å². The molecule has 0 spiro atoms. The lowest BCUT2D eigenvalue weighted by atomic mass is 9.90. The SMILES string of the molecule is CCC(C)c1ccccc1-c1c(C)c2c3ccccc3c3ccccc3c2n1C1=c2ccccc2=CCO1. The van der Waals surface area contributed by atoms with Crippen LogP contribution in [0.25, 0.3) is 55.7 Å². The van der Waals surface area contributed by atoms with Crippen LogP contribution in [0.2, 0.25) is 0 Å². The van der Waals surface area contributed by atoms with Crippen molar-refractivity contribution in [2.45, 2.75) is 33.1 Å². The fourth-order valence-electron chi connectivity index (χ4n) is 6.36. The predicted octanol–water partition coefficient (Wildman–Crippen LogP) is 7.86. The minimum atomic E-state index is 0.448. The molecule has 0 amide bonds. The van der Waals surface area contributed by atoms with Gasteiger partial charge in [0.25, 0.3) is 0 Å². The average Bonchev–Trinajstić information content (AvgIpc) is 3.29. The molecular weight excluding hydrogens is 462 g/mol. The maximum Gasteiger partial charge on any atom is 0.207 e. The summed E-state index contributed by atoms with van der Waals surface area (Å²) in [6.45, 7) is 7.46. The number of aromatic nitrogens is 1. The van der Waals surface area contributed by atoms with Crippen molar-refractivity contribution in [3.63, 3.8) is 0 Å². The molecular formula is C36H31NO. The number of rotatable bonds is 4. The van der Waals surface area contributed by atoms with Crippen LogP contribution in [0, 0.1) is 6.92 Å². The van der Waals surface area contributed by atoms with Gasteiger partial charge < -0.3 is 4.74 Å². The molecule has 1 atom stereocenters. The first-order valence-corrected chi connectivity index (χ1v) is 13.7. The first kappa shape index (κ1) is 22.9. The van der Waals surface area contributed by atoms with E-state index >= 15 is 0 Å². The highest BCUT2D eigenvalue weighted by Crippen LogP contribution is 2.45. The molecule has 6 aromatic rings. The Balaban J connectivity index is 1.78. The van der Waals surface area contributed by atoms with Crippen molar-refractivity contribution in [3.8, 4) is 11.3 Å². The number of aryl methyl sites for hydroxylation is 1. The van der Waals surface area contributed by atoms with E-state index < -0.39 is 0 Å². The van der Waals surface area contributed by atoms with Crippen LogP contribution in [0.5, 0.6) is 0 Å². The smallest absolute Gasteiger partial charge is 0.207 e. The van der Waals surface area contributed by atoms with Crippen LogP contribution < -0.4 is 10.4 Å². The van der Waals surface area contributed by atoms with Crippen LogP contribution in [-0.4, -0.2) is 11.2 Å². The van der Waals surface area contributed by atoms with E-state index in [2.05, 4.69) is 128 Å². The minimum absolute atomic E-state index is 0.448. The minimum Gasteiger partial charge on any atom is -0.474 e. The Hall–Kier alpha value is -4.30. The molecule has 0 saturated carbocycles. The number of fused-ring (bicyclic) bond motifs is 7. The Morgan fingerprint density at radius 2 is 1.39 bits per heavy atom. The van der Waals surface area contributed by atoms with Gasteiger partial charge in [0.05, 0.1) is 11.2 Å². The molecule has 0 saturated heterocycles. The summed E-state index contributed by atoms with van der Waals surface area (Å²) >= 11 is 0.